The number of aromatic nitrogens is 2. The zero-order valence-corrected chi connectivity index (χ0v) is 23.0. The van der Waals surface area contributed by atoms with Gasteiger partial charge in [0.2, 0.25) is 15.9 Å². The van der Waals surface area contributed by atoms with Gasteiger partial charge in [-0.2, -0.15) is 0 Å². The molecule has 0 saturated carbocycles. The fourth-order valence-corrected chi connectivity index (χ4v) is 6.16. The first-order valence-corrected chi connectivity index (χ1v) is 13.9. The number of aryl methyl sites for hydroxylation is 2. The SMILES string of the molecule is COc1cc(C)c(S(=O)(=O)N(C)CCC(=O)Nc2ccc(N3CCN(c4ccncc4)CC3)nc2)c(C)c1. The largest absolute Gasteiger partial charge is 0.497 e. The van der Waals surface area contributed by atoms with Crippen LogP contribution in [-0.2, 0) is 14.8 Å². The summed E-state index contributed by atoms with van der Waals surface area (Å²) in [5, 5.41) is 2.81. The van der Waals surface area contributed by atoms with Gasteiger partial charge in [0, 0.05) is 64.3 Å². The molecule has 1 fully saturated rings. The molecule has 0 bridgehead atoms. The monoisotopic (exact) mass is 538 g/mol. The van der Waals surface area contributed by atoms with Crippen LogP contribution in [0.3, 0.4) is 0 Å². The molecule has 1 aliphatic rings. The van der Waals surface area contributed by atoms with Crippen LogP contribution < -0.4 is 19.9 Å². The molecule has 1 aromatic carbocycles. The van der Waals surface area contributed by atoms with Crippen LogP contribution >= 0.6 is 0 Å². The second-order valence-corrected chi connectivity index (χ2v) is 11.3. The molecule has 1 N–H and O–H groups in total. The number of hydrogen-bond acceptors (Lipinski definition) is 8. The van der Waals surface area contributed by atoms with Crippen molar-refractivity contribution in [3.05, 3.63) is 66.1 Å². The Labute approximate surface area is 224 Å². The number of piperazine rings is 1. The molecule has 0 aliphatic carbocycles. The first-order valence-electron chi connectivity index (χ1n) is 12.5. The molecule has 1 aliphatic heterocycles. The maximum Gasteiger partial charge on any atom is 0.243 e. The number of benzene rings is 1. The van der Waals surface area contributed by atoms with E-state index in [4.69, 9.17) is 4.74 Å². The number of nitrogens with one attached hydrogen (secondary N) is 1. The minimum Gasteiger partial charge on any atom is -0.497 e. The molecule has 3 aromatic rings. The molecule has 1 saturated heterocycles. The summed E-state index contributed by atoms with van der Waals surface area (Å²) in [5.41, 5.74) is 2.94. The third-order valence-corrected chi connectivity index (χ3v) is 8.82. The predicted molar refractivity (Wildman–Crippen MR) is 148 cm³/mol. The molecule has 11 heteroatoms. The van der Waals surface area contributed by atoms with Crippen molar-refractivity contribution in [2.24, 2.45) is 0 Å². The summed E-state index contributed by atoms with van der Waals surface area (Å²) in [4.78, 5) is 25.9. The van der Waals surface area contributed by atoms with Crippen molar-refractivity contribution < 1.29 is 17.9 Å². The molecule has 1 amide bonds. The van der Waals surface area contributed by atoms with E-state index in [-0.39, 0.29) is 23.8 Å². The van der Waals surface area contributed by atoms with E-state index >= 15 is 0 Å². The highest BCUT2D eigenvalue weighted by Gasteiger charge is 2.26. The summed E-state index contributed by atoms with van der Waals surface area (Å²) < 4.78 is 32.8. The predicted octanol–water partition coefficient (Wildman–Crippen LogP) is 3.08. The minimum absolute atomic E-state index is 0.0166. The summed E-state index contributed by atoms with van der Waals surface area (Å²) >= 11 is 0. The lowest BCUT2D eigenvalue weighted by Gasteiger charge is -2.36. The van der Waals surface area contributed by atoms with E-state index in [9.17, 15) is 13.2 Å². The van der Waals surface area contributed by atoms with Crippen LogP contribution in [0.4, 0.5) is 17.2 Å². The maximum absolute atomic E-state index is 13.2. The van der Waals surface area contributed by atoms with Crippen molar-refractivity contribution in [3.8, 4) is 5.75 Å². The van der Waals surface area contributed by atoms with Crippen LogP contribution in [0.2, 0.25) is 0 Å². The highest BCUT2D eigenvalue weighted by Crippen LogP contribution is 2.28. The number of rotatable bonds is 9. The Bertz CT molecular complexity index is 1340. The normalized spacial score (nSPS) is 14.0. The Kier molecular flexibility index (Phi) is 8.48. The topological polar surface area (TPSA) is 108 Å². The van der Waals surface area contributed by atoms with Gasteiger partial charge < -0.3 is 19.9 Å². The Morgan fingerprint density at radius 1 is 1.03 bits per heavy atom. The van der Waals surface area contributed by atoms with Crippen molar-refractivity contribution in [1.29, 1.82) is 0 Å². The molecule has 2 aromatic heterocycles. The molecule has 4 rings (SSSR count). The van der Waals surface area contributed by atoms with Crippen molar-refractivity contribution in [2.45, 2.75) is 25.2 Å². The molecule has 38 heavy (non-hydrogen) atoms. The Hall–Kier alpha value is -3.70. The van der Waals surface area contributed by atoms with Gasteiger partial charge in [-0.25, -0.2) is 17.7 Å². The molecule has 0 spiro atoms. The van der Waals surface area contributed by atoms with E-state index in [0.717, 1.165) is 32.0 Å². The van der Waals surface area contributed by atoms with E-state index in [1.807, 2.05) is 24.3 Å². The van der Waals surface area contributed by atoms with Gasteiger partial charge in [0.05, 0.1) is 23.9 Å². The summed E-state index contributed by atoms with van der Waals surface area (Å²) in [7, 11) is -0.734. The maximum atomic E-state index is 13.2. The summed E-state index contributed by atoms with van der Waals surface area (Å²) in [6.45, 7) is 6.98. The van der Waals surface area contributed by atoms with Gasteiger partial charge >= 0.3 is 0 Å². The van der Waals surface area contributed by atoms with Crippen LogP contribution in [-0.4, -0.2) is 75.5 Å². The van der Waals surface area contributed by atoms with E-state index in [1.54, 1.807) is 51.7 Å². The third kappa shape index (κ3) is 6.22. The number of carbonyl (C=O) groups is 1. The standard InChI is InChI=1S/C27H34N6O4S/c1-20-17-24(37-4)18-21(2)27(20)38(35,36)31(3)12-9-26(34)30-22-5-6-25(29-19-22)33-15-13-32(14-16-33)23-7-10-28-11-8-23/h5-8,10-11,17-19H,9,12-16H2,1-4H3,(H,30,34). The van der Waals surface area contributed by atoms with Gasteiger partial charge in [-0.05, 0) is 61.4 Å². The van der Waals surface area contributed by atoms with E-state index in [0.29, 0.717) is 22.6 Å². The summed E-state index contributed by atoms with van der Waals surface area (Å²) in [5.74, 6) is 1.18. The average Bonchev–Trinajstić information content (AvgIpc) is 2.92. The molecule has 10 nitrogen and oxygen atoms in total. The first-order chi connectivity index (χ1) is 18.2. The molecular formula is C27H34N6O4S. The van der Waals surface area contributed by atoms with Gasteiger partial charge in [0.1, 0.15) is 11.6 Å². The summed E-state index contributed by atoms with van der Waals surface area (Å²) in [6.07, 6.45) is 5.25. The molecular weight excluding hydrogens is 504 g/mol. The molecule has 0 atom stereocenters. The van der Waals surface area contributed by atoms with Crippen LogP contribution in [0.1, 0.15) is 17.5 Å². The lowest BCUT2D eigenvalue weighted by atomic mass is 10.1. The van der Waals surface area contributed by atoms with E-state index < -0.39 is 10.0 Å². The molecule has 3 heterocycles. The summed E-state index contributed by atoms with van der Waals surface area (Å²) in [6, 6.07) is 11.1. The fraction of sp³-hybridized carbons (Fsp3) is 0.370. The minimum atomic E-state index is -3.76. The second kappa shape index (κ2) is 11.8. The van der Waals surface area contributed by atoms with Gasteiger partial charge in [-0.1, -0.05) is 0 Å². The Balaban J connectivity index is 1.29. The van der Waals surface area contributed by atoms with Crippen molar-refractivity contribution >= 4 is 33.1 Å². The second-order valence-electron chi connectivity index (χ2n) is 9.30. The van der Waals surface area contributed by atoms with Gasteiger partial charge in [-0.15, -0.1) is 0 Å². The van der Waals surface area contributed by atoms with Crippen molar-refractivity contribution in [2.75, 3.05) is 62.0 Å². The average molecular weight is 539 g/mol. The number of methoxy groups -OCH3 is 1. The van der Waals surface area contributed by atoms with Gasteiger partial charge in [-0.3, -0.25) is 9.78 Å². The van der Waals surface area contributed by atoms with Crippen LogP contribution in [0.25, 0.3) is 0 Å². The number of hydrogen-bond donors (Lipinski definition) is 1. The third-order valence-electron chi connectivity index (χ3n) is 6.65. The smallest absolute Gasteiger partial charge is 0.243 e. The van der Waals surface area contributed by atoms with Crippen LogP contribution in [0.15, 0.2) is 59.9 Å². The number of pyridine rings is 2. The highest BCUT2D eigenvalue weighted by atomic mass is 32.2. The van der Waals surface area contributed by atoms with E-state index in [2.05, 4.69) is 25.1 Å². The number of ether oxygens (including phenoxy) is 1. The number of nitrogens with zero attached hydrogens (tertiary/aromatic N) is 5. The van der Waals surface area contributed by atoms with Gasteiger partial charge in [0.25, 0.3) is 0 Å². The first kappa shape index (κ1) is 27.3. The molecule has 0 radical (unpaired) electrons. The Morgan fingerprint density at radius 3 is 2.24 bits per heavy atom. The highest BCUT2D eigenvalue weighted by molar-refractivity contribution is 7.89. The quantitative estimate of drug-likeness (QED) is 0.443. The number of amides is 1. The number of sulfonamides is 1. The zero-order chi connectivity index (χ0) is 27.3. The van der Waals surface area contributed by atoms with Crippen LogP contribution in [0, 0.1) is 13.8 Å². The fourth-order valence-electron chi connectivity index (χ4n) is 4.59. The lowest BCUT2D eigenvalue weighted by Crippen LogP contribution is -2.46. The van der Waals surface area contributed by atoms with Gasteiger partial charge in [0.15, 0.2) is 0 Å². The van der Waals surface area contributed by atoms with Crippen molar-refractivity contribution in [1.82, 2.24) is 14.3 Å². The zero-order valence-electron chi connectivity index (χ0n) is 22.2. The molecule has 0 unspecified atom stereocenters. The Morgan fingerprint density at radius 2 is 1.66 bits per heavy atom. The molecule has 202 valence electrons. The van der Waals surface area contributed by atoms with E-state index in [1.165, 1.54) is 17.0 Å². The lowest BCUT2D eigenvalue weighted by molar-refractivity contribution is -0.116. The van der Waals surface area contributed by atoms with Crippen molar-refractivity contribution in [3.63, 3.8) is 0 Å². The number of carbonyl (C=O) groups excluding carboxylic acids is 1. The number of anilines is 3. The van der Waals surface area contributed by atoms with Crippen LogP contribution in [0.5, 0.6) is 5.75 Å².